The van der Waals surface area contributed by atoms with Crippen LogP contribution in [0.2, 0.25) is 0 Å². The number of hydrogen-bond donors (Lipinski definition) is 0. The normalized spacial score (nSPS) is 15.7. The third kappa shape index (κ3) is 4.88. The van der Waals surface area contributed by atoms with Gasteiger partial charge in [-0.05, 0) is 64.7 Å². The number of amides is 1. The largest absolute Gasteiger partial charge is 0.444 e. The number of hydrogen-bond acceptors (Lipinski definition) is 3. The van der Waals surface area contributed by atoms with Crippen LogP contribution in [0.15, 0.2) is 36.5 Å². The molecule has 0 spiro atoms. The van der Waals surface area contributed by atoms with Crippen molar-refractivity contribution in [1.29, 1.82) is 0 Å². The van der Waals surface area contributed by atoms with Crippen molar-refractivity contribution in [3.63, 3.8) is 0 Å². The Hall–Kier alpha value is -2.36. The maximum absolute atomic E-state index is 12.2. The molecule has 27 heavy (non-hydrogen) atoms. The predicted octanol–water partition coefficient (Wildman–Crippen LogP) is 5.48. The molecule has 1 fully saturated rings. The van der Waals surface area contributed by atoms with E-state index >= 15 is 0 Å². The van der Waals surface area contributed by atoms with Crippen LogP contribution in [0.3, 0.4) is 0 Å². The minimum Gasteiger partial charge on any atom is -0.444 e. The second-order valence-corrected chi connectivity index (χ2v) is 8.53. The van der Waals surface area contributed by atoms with Crippen LogP contribution < -0.4 is 0 Å². The summed E-state index contributed by atoms with van der Waals surface area (Å²) in [5.41, 5.74) is 5.61. The molecule has 1 aliphatic heterocycles. The molecule has 2 heterocycles. The molecule has 0 radical (unpaired) electrons. The lowest BCUT2D eigenvalue weighted by Crippen LogP contribution is -2.41. The highest BCUT2D eigenvalue weighted by Crippen LogP contribution is 2.30. The fraction of sp³-hybridized carbons (Fsp3) is 0.478. The molecule has 0 bridgehead atoms. The molecule has 1 aromatic heterocycles. The van der Waals surface area contributed by atoms with E-state index in [9.17, 15) is 4.79 Å². The van der Waals surface area contributed by atoms with Crippen molar-refractivity contribution >= 4 is 6.09 Å². The van der Waals surface area contributed by atoms with Crippen molar-refractivity contribution in [2.75, 3.05) is 13.1 Å². The maximum atomic E-state index is 12.2. The summed E-state index contributed by atoms with van der Waals surface area (Å²) in [6.07, 6.45) is 3.62. The van der Waals surface area contributed by atoms with Crippen molar-refractivity contribution in [2.24, 2.45) is 0 Å². The number of aryl methyl sites for hydroxylation is 2. The number of benzene rings is 1. The minimum atomic E-state index is -0.445. The van der Waals surface area contributed by atoms with Crippen molar-refractivity contribution in [3.8, 4) is 11.1 Å². The van der Waals surface area contributed by atoms with E-state index in [1.807, 2.05) is 31.9 Å². The summed E-state index contributed by atoms with van der Waals surface area (Å²) >= 11 is 0. The number of rotatable bonds is 2. The fourth-order valence-electron chi connectivity index (χ4n) is 3.63. The van der Waals surface area contributed by atoms with Gasteiger partial charge in [0, 0.05) is 36.5 Å². The van der Waals surface area contributed by atoms with Gasteiger partial charge in [0.05, 0.1) is 0 Å². The molecule has 3 rings (SSSR count). The predicted molar refractivity (Wildman–Crippen MR) is 109 cm³/mol. The van der Waals surface area contributed by atoms with E-state index in [1.54, 1.807) is 0 Å². The van der Waals surface area contributed by atoms with Gasteiger partial charge >= 0.3 is 6.09 Å². The van der Waals surface area contributed by atoms with Gasteiger partial charge in [-0.25, -0.2) is 4.79 Å². The number of carbonyl (C=O) groups excluding carboxylic acids is 1. The van der Waals surface area contributed by atoms with Crippen LogP contribution in [0.25, 0.3) is 11.1 Å². The Bertz CT molecular complexity index is 798. The van der Waals surface area contributed by atoms with E-state index in [-0.39, 0.29) is 6.09 Å². The van der Waals surface area contributed by atoms with Crippen LogP contribution in [0, 0.1) is 13.8 Å². The van der Waals surface area contributed by atoms with Gasteiger partial charge in [0.15, 0.2) is 0 Å². The summed E-state index contributed by atoms with van der Waals surface area (Å²) in [5.74, 6) is 0.400. The lowest BCUT2D eigenvalue weighted by atomic mass is 9.92. The quantitative estimate of drug-likeness (QED) is 0.707. The molecule has 0 aliphatic carbocycles. The molecule has 2 aromatic rings. The van der Waals surface area contributed by atoms with E-state index in [0.29, 0.717) is 5.92 Å². The number of likely N-dealkylation sites (tertiary alicyclic amines) is 1. The fourth-order valence-corrected chi connectivity index (χ4v) is 3.63. The minimum absolute atomic E-state index is 0.209. The smallest absolute Gasteiger partial charge is 0.410 e. The highest BCUT2D eigenvalue weighted by Gasteiger charge is 2.27. The zero-order valence-corrected chi connectivity index (χ0v) is 17.1. The monoisotopic (exact) mass is 366 g/mol. The van der Waals surface area contributed by atoms with Gasteiger partial charge < -0.3 is 9.64 Å². The topological polar surface area (TPSA) is 42.4 Å². The third-order valence-electron chi connectivity index (χ3n) is 5.04. The summed E-state index contributed by atoms with van der Waals surface area (Å²) in [4.78, 5) is 18.8. The van der Waals surface area contributed by atoms with E-state index < -0.39 is 5.60 Å². The average molecular weight is 367 g/mol. The Morgan fingerprint density at radius 2 is 1.81 bits per heavy atom. The molecule has 0 N–H and O–H groups in total. The van der Waals surface area contributed by atoms with E-state index in [2.05, 4.69) is 44.2 Å². The van der Waals surface area contributed by atoms with Crippen LogP contribution >= 0.6 is 0 Å². The van der Waals surface area contributed by atoms with Gasteiger partial charge in [0.2, 0.25) is 0 Å². The number of piperidine rings is 1. The van der Waals surface area contributed by atoms with E-state index in [1.165, 1.54) is 16.7 Å². The van der Waals surface area contributed by atoms with Crippen molar-refractivity contribution in [2.45, 2.75) is 59.0 Å². The molecule has 0 unspecified atom stereocenters. The Morgan fingerprint density at radius 3 is 2.37 bits per heavy atom. The summed E-state index contributed by atoms with van der Waals surface area (Å²) in [6, 6.07) is 10.8. The van der Waals surface area contributed by atoms with Gasteiger partial charge in [0.25, 0.3) is 0 Å². The molecule has 1 aliphatic rings. The molecule has 0 atom stereocenters. The Balaban J connectivity index is 1.63. The molecule has 144 valence electrons. The second kappa shape index (κ2) is 7.71. The Kier molecular flexibility index (Phi) is 5.54. The molecule has 1 amide bonds. The van der Waals surface area contributed by atoms with E-state index in [0.717, 1.165) is 37.2 Å². The lowest BCUT2D eigenvalue weighted by molar-refractivity contribution is 0.0204. The number of pyridine rings is 1. The highest BCUT2D eigenvalue weighted by molar-refractivity contribution is 5.68. The molecule has 4 heteroatoms. The van der Waals surface area contributed by atoms with Crippen LogP contribution in [0.4, 0.5) is 4.79 Å². The molecule has 4 nitrogen and oxygen atoms in total. The molecule has 0 saturated carbocycles. The van der Waals surface area contributed by atoms with Gasteiger partial charge in [-0.15, -0.1) is 0 Å². The van der Waals surface area contributed by atoms with Gasteiger partial charge in [-0.3, -0.25) is 4.98 Å². The first kappa shape index (κ1) is 19.4. The van der Waals surface area contributed by atoms with Gasteiger partial charge in [-0.1, -0.05) is 29.8 Å². The van der Waals surface area contributed by atoms with Crippen LogP contribution in [0.1, 0.15) is 56.4 Å². The molecular formula is C23H30N2O2. The molecular weight excluding hydrogens is 336 g/mol. The highest BCUT2D eigenvalue weighted by atomic mass is 16.6. The summed E-state index contributed by atoms with van der Waals surface area (Å²) < 4.78 is 5.47. The Labute approximate surface area is 162 Å². The summed E-state index contributed by atoms with van der Waals surface area (Å²) in [7, 11) is 0. The number of carbonyl (C=O) groups is 1. The van der Waals surface area contributed by atoms with Crippen LogP contribution in [-0.2, 0) is 4.74 Å². The lowest BCUT2D eigenvalue weighted by Gasteiger charge is -2.33. The Morgan fingerprint density at radius 1 is 1.11 bits per heavy atom. The number of ether oxygens (including phenoxy) is 1. The number of aromatic nitrogens is 1. The maximum Gasteiger partial charge on any atom is 0.410 e. The van der Waals surface area contributed by atoms with Crippen LogP contribution in [0.5, 0.6) is 0 Å². The number of nitrogens with zero attached hydrogens (tertiary/aromatic N) is 2. The second-order valence-electron chi connectivity index (χ2n) is 8.53. The standard InChI is InChI=1S/C23H30N2O2/c1-16-6-8-20(17(2)14-16)19-7-9-21(24-15-19)18-10-12-25(13-11-18)22(26)27-23(3,4)5/h6-9,14-15,18H,10-13H2,1-5H3. The molecule has 1 saturated heterocycles. The summed E-state index contributed by atoms with van der Waals surface area (Å²) in [6.45, 7) is 11.4. The average Bonchev–Trinajstić information content (AvgIpc) is 2.61. The zero-order valence-electron chi connectivity index (χ0n) is 17.1. The van der Waals surface area contributed by atoms with Gasteiger partial charge in [-0.2, -0.15) is 0 Å². The van der Waals surface area contributed by atoms with Crippen LogP contribution in [-0.4, -0.2) is 34.7 Å². The van der Waals surface area contributed by atoms with E-state index in [4.69, 9.17) is 9.72 Å². The zero-order chi connectivity index (χ0) is 19.6. The van der Waals surface area contributed by atoms with Crippen molar-refractivity contribution in [3.05, 3.63) is 53.3 Å². The SMILES string of the molecule is Cc1ccc(-c2ccc(C3CCN(C(=O)OC(C)(C)C)CC3)nc2)c(C)c1. The first-order valence-electron chi connectivity index (χ1n) is 9.74. The summed E-state index contributed by atoms with van der Waals surface area (Å²) in [5, 5.41) is 0. The van der Waals surface area contributed by atoms with Crippen molar-refractivity contribution < 1.29 is 9.53 Å². The first-order valence-corrected chi connectivity index (χ1v) is 9.74. The third-order valence-corrected chi connectivity index (χ3v) is 5.04. The first-order chi connectivity index (χ1) is 12.7. The van der Waals surface area contributed by atoms with Gasteiger partial charge in [0.1, 0.15) is 5.60 Å². The van der Waals surface area contributed by atoms with Crippen molar-refractivity contribution in [1.82, 2.24) is 9.88 Å². The molecule has 1 aromatic carbocycles.